The molecule has 1 unspecified atom stereocenters. The van der Waals surface area contributed by atoms with Crippen molar-refractivity contribution in [1.82, 2.24) is 0 Å². The molecule has 1 aromatic carbocycles. The van der Waals surface area contributed by atoms with Crippen LogP contribution in [0.5, 0.6) is 11.5 Å². The molecule has 20 heavy (non-hydrogen) atoms. The van der Waals surface area contributed by atoms with Crippen molar-refractivity contribution in [2.45, 2.75) is 32.9 Å². The zero-order chi connectivity index (χ0) is 15.2. The normalized spacial score (nSPS) is 11.8. The molecule has 110 valence electrons. The van der Waals surface area contributed by atoms with E-state index in [0.29, 0.717) is 6.07 Å². The van der Waals surface area contributed by atoms with Gasteiger partial charge in [-0.15, -0.1) is 0 Å². The van der Waals surface area contributed by atoms with Crippen LogP contribution >= 0.6 is 0 Å². The smallest absolute Gasteiger partial charge is 0.870 e. The summed E-state index contributed by atoms with van der Waals surface area (Å²) in [6, 6.07) is 1.67. The van der Waals surface area contributed by atoms with Crippen molar-refractivity contribution >= 4 is 0 Å². The van der Waals surface area contributed by atoms with Gasteiger partial charge in [0.2, 0.25) is 0 Å². The molecular formula is C13H19F3NO2Rb. The van der Waals surface area contributed by atoms with E-state index in [4.69, 9.17) is 10.5 Å². The summed E-state index contributed by atoms with van der Waals surface area (Å²) in [5.41, 5.74) is 4.40. The van der Waals surface area contributed by atoms with E-state index in [-0.39, 0.29) is 76.0 Å². The Morgan fingerprint density at radius 2 is 1.80 bits per heavy atom. The van der Waals surface area contributed by atoms with Crippen molar-refractivity contribution in [3.8, 4) is 11.5 Å². The number of hydrogen-bond acceptors (Lipinski definition) is 3. The van der Waals surface area contributed by atoms with Crippen molar-refractivity contribution in [3.63, 3.8) is 0 Å². The molecular weight excluding hydrogens is 345 g/mol. The van der Waals surface area contributed by atoms with E-state index in [1.807, 2.05) is 13.8 Å². The zero-order valence-electron chi connectivity index (χ0n) is 12.5. The second-order valence-corrected chi connectivity index (χ2v) is 3.72. The molecule has 0 heterocycles. The van der Waals surface area contributed by atoms with Gasteiger partial charge >= 0.3 is 64.4 Å². The molecule has 0 aromatic heterocycles. The summed E-state index contributed by atoms with van der Waals surface area (Å²) in [5, 5.41) is 11.3. The topological polar surface area (TPSA) is 58.3 Å². The number of alkyl halides is 3. The van der Waals surface area contributed by atoms with Crippen molar-refractivity contribution < 1.29 is 81.2 Å². The van der Waals surface area contributed by atoms with Crippen LogP contribution in [0.3, 0.4) is 0 Å². The molecule has 0 bridgehead atoms. The third-order valence-corrected chi connectivity index (χ3v) is 2.53. The molecule has 2 N–H and O–H groups in total. The van der Waals surface area contributed by atoms with Gasteiger partial charge in [0.25, 0.3) is 0 Å². The van der Waals surface area contributed by atoms with Crippen LogP contribution in [-0.4, -0.2) is 13.7 Å². The minimum Gasteiger partial charge on any atom is -0.870 e. The summed E-state index contributed by atoms with van der Waals surface area (Å²) in [6.07, 6.45) is -4.57. The molecule has 1 atom stereocenters. The maximum atomic E-state index is 12.7. The average Bonchev–Trinajstić information content (AvgIpc) is 2.38. The van der Waals surface area contributed by atoms with Gasteiger partial charge in [-0.1, -0.05) is 32.6 Å². The predicted molar refractivity (Wildman–Crippen MR) is 66.3 cm³/mol. The average molecular weight is 364 g/mol. The van der Waals surface area contributed by atoms with Crippen LogP contribution in [0.2, 0.25) is 0 Å². The number of hydrogen-bond donors (Lipinski definition) is 1. The predicted octanol–water partition coefficient (Wildman–Crippen LogP) is -0.120. The van der Waals surface area contributed by atoms with Gasteiger partial charge in [-0.3, -0.25) is 0 Å². The van der Waals surface area contributed by atoms with E-state index in [1.54, 1.807) is 6.92 Å². The Kier molecular flexibility index (Phi) is 11.5. The Morgan fingerprint density at radius 1 is 1.30 bits per heavy atom. The Hall–Kier alpha value is 0.375. The first-order valence-corrected chi connectivity index (χ1v) is 5.97. The number of methoxy groups -OCH3 is 1. The van der Waals surface area contributed by atoms with E-state index < -0.39 is 23.4 Å². The van der Waals surface area contributed by atoms with Gasteiger partial charge < -0.3 is 15.6 Å². The first-order valence-electron chi connectivity index (χ1n) is 5.97. The van der Waals surface area contributed by atoms with Gasteiger partial charge in [-0.25, -0.2) is 0 Å². The van der Waals surface area contributed by atoms with Gasteiger partial charge in [0, 0.05) is 0 Å². The third-order valence-electron chi connectivity index (χ3n) is 2.53. The fourth-order valence-corrected chi connectivity index (χ4v) is 1.52. The fourth-order valence-electron chi connectivity index (χ4n) is 1.52. The van der Waals surface area contributed by atoms with Crippen LogP contribution in [0.1, 0.15) is 37.8 Å². The molecule has 0 saturated heterocycles. The monoisotopic (exact) mass is 363 g/mol. The first kappa shape index (κ1) is 22.7. The molecule has 0 saturated carbocycles. The molecule has 0 spiro atoms. The Bertz CT molecular complexity index is 411. The summed E-state index contributed by atoms with van der Waals surface area (Å²) in [7, 11) is 1.24. The second kappa shape index (κ2) is 10.2. The number of ether oxygens (including phenoxy) is 1. The van der Waals surface area contributed by atoms with Gasteiger partial charge in [-0.2, -0.15) is 13.2 Å². The van der Waals surface area contributed by atoms with Gasteiger partial charge in [0.05, 0.1) is 12.7 Å². The molecule has 7 heteroatoms. The first-order chi connectivity index (χ1) is 8.81. The van der Waals surface area contributed by atoms with Crippen LogP contribution in [-0.2, 0) is 6.18 Å². The summed E-state index contributed by atoms with van der Waals surface area (Å²) in [4.78, 5) is 0. The maximum Gasteiger partial charge on any atom is 1.00 e. The van der Waals surface area contributed by atoms with Crippen molar-refractivity contribution in [1.29, 1.82) is 0 Å². The Balaban J connectivity index is 0. The van der Waals surface area contributed by atoms with E-state index in [0.717, 1.165) is 6.07 Å². The maximum absolute atomic E-state index is 12.7. The zero-order valence-corrected chi connectivity index (χ0v) is 17.4. The Labute approximate surface area is 166 Å². The molecule has 0 fully saturated rings. The van der Waals surface area contributed by atoms with Crippen LogP contribution < -0.4 is 73.8 Å². The number of rotatable bonds is 3. The summed E-state index contributed by atoms with van der Waals surface area (Å²) in [6.45, 7) is 5.62. The standard InChI is InChI=1S/C11H14F3NO2.C2H6.Rb/c1-6(5-15)7-3-10(17-2)9(16)4-8(7)11(12,13)14;1-2;/h3-4,6,16H,5,15H2,1-2H3;1-2H3;/q;;+1/p-1. The van der Waals surface area contributed by atoms with Crippen LogP contribution in [0, 0.1) is 0 Å². The molecule has 0 aliphatic heterocycles. The molecule has 0 aliphatic carbocycles. The largest absolute Gasteiger partial charge is 1.00 e. The molecule has 0 aliphatic rings. The Morgan fingerprint density at radius 3 is 2.15 bits per heavy atom. The van der Waals surface area contributed by atoms with Crippen molar-refractivity contribution in [2.24, 2.45) is 5.73 Å². The van der Waals surface area contributed by atoms with Gasteiger partial charge in [0.1, 0.15) is 5.75 Å². The molecule has 1 aromatic rings. The van der Waals surface area contributed by atoms with E-state index >= 15 is 0 Å². The number of nitrogens with two attached hydrogens (primary N) is 1. The quantitative estimate of drug-likeness (QED) is 0.814. The van der Waals surface area contributed by atoms with E-state index in [2.05, 4.69) is 0 Å². The minimum atomic E-state index is -4.57. The van der Waals surface area contributed by atoms with E-state index in [1.165, 1.54) is 7.11 Å². The molecule has 0 radical (unpaired) electrons. The van der Waals surface area contributed by atoms with Crippen LogP contribution in [0.4, 0.5) is 13.2 Å². The summed E-state index contributed by atoms with van der Waals surface area (Å²) in [5.74, 6) is -1.39. The van der Waals surface area contributed by atoms with Crippen LogP contribution in [0.15, 0.2) is 12.1 Å². The van der Waals surface area contributed by atoms with Crippen molar-refractivity contribution in [2.75, 3.05) is 13.7 Å². The number of benzene rings is 1. The molecule has 0 amide bonds. The third kappa shape index (κ3) is 6.01. The second-order valence-electron chi connectivity index (χ2n) is 3.72. The number of halogens is 3. The van der Waals surface area contributed by atoms with Gasteiger partial charge in [0.15, 0.2) is 0 Å². The van der Waals surface area contributed by atoms with Crippen LogP contribution in [0.25, 0.3) is 0 Å². The SMILES string of the molecule is CC.COc1cc(C(C)CN)c(C(F)(F)F)cc1[O-].[Rb+]. The minimum absolute atomic E-state index is 0. The van der Waals surface area contributed by atoms with Gasteiger partial charge in [-0.05, 0) is 24.1 Å². The fraction of sp³-hybridized carbons (Fsp3) is 0.538. The molecule has 3 nitrogen and oxygen atoms in total. The van der Waals surface area contributed by atoms with Crippen molar-refractivity contribution in [3.05, 3.63) is 23.3 Å². The summed E-state index contributed by atoms with van der Waals surface area (Å²) < 4.78 is 42.9. The summed E-state index contributed by atoms with van der Waals surface area (Å²) >= 11 is 0. The molecule has 1 rings (SSSR count). The van der Waals surface area contributed by atoms with E-state index in [9.17, 15) is 18.3 Å².